The first-order chi connectivity index (χ1) is 9.70. The van der Waals surface area contributed by atoms with E-state index >= 15 is 0 Å². The molecule has 0 unspecified atom stereocenters. The fourth-order valence-corrected chi connectivity index (χ4v) is 3.42. The largest absolute Gasteiger partial charge is 0.371 e. The second-order valence-electron chi connectivity index (χ2n) is 6.43. The molecule has 0 saturated carbocycles. The Morgan fingerprint density at radius 1 is 1.29 bits per heavy atom. The SMILES string of the molecule is CCCN1C(=O)N(c2ccccc2Cl)[C@](C)(O)CC1(C)C. The van der Waals surface area contributed by atoms with Gasteiger partial charge in [-0.05, 0) is 39.3 Å². The van der Waals surface area contributed by atoms with Crippen LogP contribution in [-0.2, 0) is 0 Å². The van der Waals surface area contributed by atoms with Gasteiger partial charge in [-0.15, -0.1) is 0 Å². The maximum absolute atomic E-state index is 12.9. The number of amides is 2. The van der Waals surface area contributed by atoms with Crippen LogP contribution in [0.4, 0.5) is 10.5 Å². The van der Waals surface area contributed by atoms with Crippen LogP contribution in [0.3, 0.4) is 0 Å². The number of rotatable bonds is 3. The Balaban J connectivity index is 2.49. The summed E-state index contributed by atoms with van der Waals surface area (Å²) in [5.41, 5.74) is -1.12. The van der Waals surface area contributed by atoms with E-state index in [-0.39, 0.29) is 6.03 Å². The third kappa shape index (κ3) is 2.87. The monoisotopic (exact) mass is 310 g/mol. The number of halogens is 1. The molecule has 2 amide bonds. The number of anilines is 1. The molecule has 1 fully saturated rings. The van der Waals surface area contributed by atoms with E-state index in [2.05, 4.69) is 0 Å². The Labute approximate surface area is 131 Å². The number of aliphatic hydroxyl groups is 1. The molecule has 0 bridgehead atoms. The number of carbonyl (C=O) groups excluding carboxylic acids is 1. The van der Waals surface area contributed by atoms with Gasteiger partial charge in [0.1, 0.15) is 5.72 Å². The first kappa shape index (κ1) is 16.1. The molecular weight excluding hydrogens is 288 g/mol. The molecule has 1 saturated heterocycles. The summed E-state index contributed by atoms with van der Waals surface area (Å²) in [5, 5.41) is 11.3. The van der Waals surface area contributed by atoms with E-state index in [0.29, 0.717) is 23.7 Å². The normalized spacial score (nSPS) is 25.3. The molecule has 2 rings (SSSR count). The van der Waals surface area contributed by atoms with Crippen LogP contribution in [0.1, 0.15) is 40.5 Å². The van der Waals surface area contributed by atoms with Gasteiger partial charge < -0.3 is 10.0 Å². The Morgan fingerprint density at radius 3 is 2.48 bits per heavy atom. The van der Waals surface area contributed by atoms with Gasteiger partial charge in [0.15, 0.2) is 0 Å². The highest BCUT2D eigenvalue weighted by Gasteiger charge is 2.50. The van der Waals surface area contributed by atoms with E-state index in [0.717, 1.165) is 6.42 Å². The van der Waals surface area contributed by atoms with E-state index in [9.17, 15) is 9.90 Å². The van der Waals surface area contributed by atoms with Crippen LogP contribution in [0.5, 0.6) is 0 Å². The number of carbonyl (C=O) groups is 1. The second-order valence-corrected chi connectivity index (χ2v) is 6.83. The van der Waals surface area contributed by atoms with Gasteiger partial charge in [0.05, 0.1) is 10.7 Å². The molecule has 5 heteroatoms. The van der Waals surface area contributed by atoms with Gasteiger partial charge in [-0.2, -0.15) is 0 Å². The minimum absolute atomic E-state index is 0.203. The predicted octanol–water partition coefficient (Wildman–Crippen LogP) is 3.87. The summed E-state index contributed by atoms with van der Waals surface area (Å²) in [6.07, 6.45) is 1.32. The molecule has 21 heavy (non-hydrogen) atoms. The summed E-state index contributed by atoms with van der Waals surface area (Å²) in [5.74, 6) is 0. The molecule has 1 N–H and O–H groups in total. The molecule has 0 aliphatic carbocycles. The lowest BCUT2D eigenvalue weighted by Crippen LogP contribution is -2.68. The summed E-state index contributed by atoms with van der Waals surface area (Å²) in [4.78, 5) is 16.2. The van der Waals surface area contributed by atoms with Crippen LogP contribution in [0, 0.1) is 0 Å². The number of hydrogen-bond acceptors (Lipinski definition) is 2. The molecule has 1 heterocycles. The maximum Gasteiger partial charge on any atom is 0.327 e. The van der Waals surface area contributed by atoms with Gasteiger partial charge in [0.25, 0.3) is 0 Å². The topological polar surface area (TPSA) is 43.8 Å². The molecule has 1 aliphatic rings. The van der Waals surface area contributed by atoms with Crippen molar-refractivity contribution in [3.8, 4) is 0 Å². The van der Waals surface area contributed by atoms with Crippen LogP contribution in [-0.4, -0.2) is 33.8 Å². The van der Waals surface area contributed by atoms with Crippen molar-refractivity contribution in [3.05, 3.63) is 29.3 Å². The molecule has 116 valence electrons. The average molecular weight is 311 g/mol. The highest BCUT2D eigenvalue weighted by molar-refractivity contribution is 6.33. The van der Waals surface area contributed by atoms with Crippen LogP contribution in [0.25, 0.3) is 0 Å². The molecule has 0 aromatic heterocycles. The zero-order valence-electron chi connectivity index (χ0n) is 13.1. The Morgan fingerprint density at radius 2 is 1.90 bits per heavy atom. The smallest absolute Gasteiger partial charge is 0.327 e. The van der Waals surface area contributed by atoms with Gasteiger partial charge in [0, 0.05) is 18.5 Å². The van der Waals surface area contributed by atoms with Crippen LogP contribution in [0.2, 0.25) is 5.02 Å². The van der Waals surface area contributed by atoms with Crippen molar-refractivity contribution in [2.24, 2.45) is 0 Å². The minimum atomic E-state index is -1.27. The Bertz CT molecular complexity index is 543. The third-order valence-electron chi connectivity index (χ3n) is 3.94. The highest BCUT2D eigenvalue weighted by Crippen LogP contribution is 2.40. The highest BCUT2D eigenvalue weighted by atomic mass is 35.5. The van der Waals surface area contributed by atoms with Crippen molar-refractivity contribution < 1.29 is 9.90 Å². The lowest BCUT2D eigenvalue weighted by molar-refractivity contribution is -0.0252. The first-order valence-corrected chi connectivity index (χ1v) is 7.67. The van der Waals surface area contributed by atoms with Gasteiger partial charge >= 0.3 is 6.03 Å². The molecule has 0 radical (unpaired) electrons. The van der Waals surface area contributed by atoms with E-state index in [4.69, 9.17) is 11.6 Å². The lowest BCUT2D eigenvalue weighted by Gasteiger charge is -2.53. The quantitative estimate of drug-likeness (QED) is 0.921. The standard InChI is InChI=1S/C16H23ClN2O2/c1-5-10-18-14(20)19(13-9-7-6-8-12(13)17)16(4,21)11-15(18,2)3/h6-9,21H,5,10-11H2,1-4H3/t16-/m1/s1. The molecule has 1 aliphatic heterocycles. The van der Waals surface area contributed by atoms with Crippen LogP contribution in [0.15, 0.2) is 24.3 Å². The average Bonchev–Trinajstić information content (AvgIpc) is 2.35. The number of para-hydroxylation sites is 1. The fraction of sp³-hybridized carbons (Fsp3) is 0.562. The van der Waals surface area contributed by atoms with Crippen molar-refractivity contribution in [1.82, 2.24) is 4.90 Å². The van der Waals surface area contributed by atoms with Crippen molar-refractivity contribution >= 4 is 23.3 Å². The first-order valence-electron chi connectivity index (χ1n) is 7.29. The summed E-state index contributed by atoms with van der Waals surface area (Å²) in [7, 11) is 0. The minimum Gasteiger partial charge on any atom is -0.371 e. The zero-order valence-corrected chi connectivity index (χ0v) is 13.8. The van der Waals surface area contributed by atoms with Crippen molar-refractivity contribution in [1.29, 1.82) is 0 Å². The van der Waals surface area contributed by atoms with Gasteiger partial charge in [-0.3, -0.25) is 4.90 Å². The van der Waals surface area contributed by atoms with Crippen molar-refractivity contribution in [2.75, 3.05) is 11.4 Å². The van der Waals surface area contributed by atoms with Gasteiger partial charge in [0.2, 0.25) is 0 Å². The van der Waals surface area contributed by atoms with Gasteiger partial charge in [-0.25, -0.2) is 4.79 Å². The summed E-state index contributed by atoms with van der Waals surface area (Å²) >= 11 is 6.22. The third-order valence-corrected chi connectivity index (χ3v) is 4.26. The summed E-state index contributed by atoms with van der Waals surface area (Å²) < 4.78 is 0. The molecule has 1 aromatic rings. The maximum atomic E-state index is 12.9. The predicted molar refractivity (Wildman–Crippen MR) is 85.6 cm³/mol. The number of nitrogens with zero attached hydrogens (tertiary/aromatic N) is 2. The number of benzene rings is 1. The molecule has 4 nitrogen and oxygen atoms in total. The van der Waals surface area contributed by atoms with E-state index in [1.165, 1.54) is 4.90 Å². The Kier molecular flexibility index (Phi) is 4.22. The number of hydrogen-bond donors (Lipinski definition) is 1. The van der Waals surface area contributed by atoms with Gasteiger partial charge in [-0.1, -0.05) is 30.7 Å². The van der Waals surface area contributed by atoms with Crippen LogP contribution < -0.4 is 4.90 Å². The fourth-order valence-electron chi connectivity index (χ4n) is 3.20. The zero-order chi connectivity index (χ0) is 15.8. The van der Waals surface area contributed by atoms with Crippen LogP contribution >= 0.6 is 11.6 Å². The Hall–Kier alpha value is -1.26. The van der Waals surface area contributed by atoms with Crippen molar-refractivity contribution in [3.63, 3.8) is 0 Å². The van der Waals surface area contributed by atoms with E-state index < -0.39 is 11.3 Å². The van der Waals surface area contributed by atoms with Crippen molar-refractivity contribution in [2.45, 2.75) is 51.8 Å². The van der Waals surface area contributed by atoms with E-state index in [1.807, 2.05) is 37.8 Å². The molecule has 1 atom stereocenters. The molecule has 1 aromatic carbocycles. The second kappa shape index (κ2) is 5.50. The molecule has 0 spiro atoms. The summed E-state index contributed by atoms with van der Waals surface area (Å²) in [6.45, 7) is 8.33. The van der Waals surface area contributed by atoms with E-state index in [1.54, 1.807) is 19.1 Å². The summed E-state index contributed by atoms with van der Waals surface area (Å²) in [6, 6.07) is 6.91. The molecular formula is C16H23ClN2O2. The number of urea groups is 1. The lowest BCUT2D eigenvalue weighted by atomic mass is 9.87.